The van der Waals surface area contributed by atoms with Crippen molar-refractivity contribution in [2.75, 3.05) is 28.4 Å². The predicted molar refractivity (Wildman–Crippen MR) is 218 cm³/mol. The van der Waals surface area contributed by atoms with E-state index in [2.05, 4.69) is 89.7 Å². The fourth-order valence-electron chi connectivity index (χ4n) is 6.28. The minimum Gasteiger partial charge on any atom is -0.497 e. The maximum Gasteiger partial charge on any atom is 0.305 e. The van der Waals surface area contributed by atoms with E-state index in [1.165, 1.54) is 7.11 Å². The van der Waals surface area contributed by atoms with Crippen LogP contribution in [0.1, 0.15) is 46.2 Å². The van der Waals surface area contributed by atoms with Gasteiger partial charge < -0.3 is 33.2 Å². The van der Waals surface area contributed by atoms with Crippen molar-refractivity contribution in [3.05, 3.63) is 185 Å². The van der Waals surface area contributed by atoms with Crippen LogP contribution < -0.4 is 14.2 Å². The molecule has 0 spiro atoms. The standard InChI is InChI=1S/C43H40O5.C5H8O3/c1-44-30-35-11-7-8-12-36(35)31-47-42-22-16-33(17-23-42)34-13-9-10-32(28-34)29-48-43(37-14-5-4-6-15-37,38-18-24-40(45-2)25-19-38)39-20-26-41(46-3)27-21-39;1-8-5(7)3-2-4-6/h4-28H,29-31H2,1-3H3;4H,2-3H2,1H3. The van der Waals surface area contributed by atoms with Gasteiger partial charge in [-0.2, -0.15) is 0 Å². The van der Waals surface area contributed by atoms with Crippen molar-refractivity contribution in [2.24, 2.45) is 0 Å². The monoisotopic (exact) mass is 752 g/mol. The molecule has 0 aliphatic heterocycles. The lowest BCUT2D eigenvalue weighted by molar-refractivity contribution is -0.141. The first-order chi connectivity index (χ1) is 27.4. The molecule has 6 aromatic rings. The zero-order valence-electron chi connectivity index (χ0n) is 32.3. The third-order valence-corrected chi connectivity index (χ3v) is 9.25. The van der Waals surface area contributed by atoms with Gasteiger partial charge in [0.05, 0.1) is 41.0 Å². The summed E-state index contributed by atoms with van der Waals surface area (Å²) in [6.45, 7) is 1.42. The highest BCUT2D eigenvalue weighted by Crippen LogP contribution is 2.42. The Balaban J connectivity index is 0.000000677. The Morgan fingerprint density at radius 1 is 0.554 bits per heavy atom. The molecule has 0 heterocycles. The Morgan fingerprint density at radius 2 is 1.11 bits per heavy atom. The summed E-state index contributed by atoms with van der Waals surface area (Å²) in [6, 6.07) is 51.5. The Bertz CT molecular complexity index is 2050. The van der Waals surface area contributed by atoms with Gasteiger partial charge in [-0.05, 0) is 87.0 Å². The summed E-state index contributed by atoms with van der Waals surface area (Å²) in [6.07, 6.45) is 1.14. The number of carbonyl (C=O) groups excluding carboxylic acids is 2. The Labute approximate surface area is 329 Å². The first kappa shape index (κ1) is 41.0. The van der Waals surface area contributed by atoms with Gasteiger partial charge in [0.1, 0.15) is 35.7 Å². The number of benzene rings is 6. The maximum atomic E-state index is 10.2. The van der Waals surface area contributed by atoms with Gasteiger partial charge in [0.15, 0.2) is 0 Å². The molecule has 8 heteroatoms. The Hall–Kier alpha value is -6.22. The molecule has 8 nitrogen and oxygen atoms in total. The molecule has 288 valence electrons. The molecule has 0 fully saturated rings. The molecule has 0 aromatic heterocycles. The first-order valence-corrected chi connectivity index (χ1v) is 18.3. The molecule has 0 unspecified atom stereocenters. The van der Waals surface area contributed by atoms with E-state index in [1.54, 1.807) is 21.3 Å². The molecule has 0 N–H and O–H groups in total. The minimum atomic E-state index is -0.892. The zero-order valence-corrected chi connectivity index (χ0v) is 32.3. The largest absolute Gasteiger partial charge is 0.497 e. The van der Waals surface area contributed by atoms with E-state index in [9.17, 15) is 9.59 Å². The summed E-state index contributed by atoms with van der Waals surface area (Å²) in [7, 11) is 6.36. The SMILES string of the molecule is COC(=O)CCC=O.COCc1ccccc1COc1ccc(-c2cccc(COC(c3ccccc3)(c3ccc(OC)cc3)c3ccc(OC)cc3)c2)cc1. The third kappa shape index (κ3) is 10.7. The molecule has 6 aromatic carbocycles. The third-order valence-electron chi connectivity index (χ3n) is 9.25. The molecule has 0 saturated heterocycles. The number of hydrogen-bond acceptors (Lipinski definition) is 8. The molecular formula is C48H48O8. The van der Waals surface area contributed by atoms with E-state index in [4.69, 9.17) is 23.7 Å². The quantitative estimate of drug-likeness (QED) is 0.0517. The average molecular weight is 753 g/mol. The van der Waals surface area contributed by atoms with Crippen molar-refractivity contribution in [3.8, 4) is 28.4 Å². The van der Waals surface area contributed by atoms with E-state index in [-0.39, 0.29) is 18.8 Å². The van der Waals surface area contributed by atoms with E-state index < -0.39 is 5.60 Å². The van der Waals surface area contributed by atoms with Crippen LogP contribution in [-0.2, 0) is 49.2 Å². The second-order valence-electron chi connectivity index (χ2n) is 12.8. The average Bonchev–Trinajstić information content (AvgIpc) is 3.27. The summed E-state index contributed by atoms with van der Waals surface area (Å²) < 4.78 is 33.8. The van der Waals surface area contributed by atoms with E-state index in [0.29, 0.717) is 26.1 Å². The summed E-state index contributed by atoms with van der Waals surface area (Å²) in [5.41, 5.74) is 7.64. The lowest BCUT2D eigenvalue weighted by Gasteiger charge is -2.36. The summed E-state index contributed by atoms with van der Waals surface area (Å²) in [5, 5.41) is 0. The predicted octanol–water partition coefficient (Wildman–Crippen LogP) is 9.74. The van der Waals surface area contributed by atoms with Crippen molar-refractivity contribution >= 4 is 12.3 Å². The van der Waals surface area contributed by atoms with Gasteiger partial charge in [-0.25, -0.2) is 0 Å². The van der Waals surface area contributed by atoms with Gasteiger partial charge in [0.25, 0.3) is 0 Å². The van der Waals surface area contributed by atoms with Gasteiger partial charge in [-0.3, -0.25) is 4.79 Å². The van der Waals surface area contributed by atoms with E-state index in [0.717, 1.165) is 61.8 Å². The number of methoxy groups -OCH3 is 4. The second kappa shape index (κ2) is 21.0. The normalized spacial score (nSPS) is 10.8. The van der Waals surface area contributed by atoms with Crippen LogP contribution in [0.4, 0.5) is 0 Å². The number of carbonyl (C=O) groups is 2. The maximum absolute atomic E-state index is 10.2. The van der Waals surface area contributed by atoms with Crippen LogP contribution in [-0.4, -0.2) is 40.7 Å². The van der Waals surface area contributed by atoms with Gasteiger partial charge in [0.2, 0.25) is 0 Å². The molecule has 0 aliphatic carbocycles. The van der Waals surface area contributed by atoms with Crippen LogP contribution in [0, 0.1) is 0 Å². The molecule has 0 saturated carbocycles. The lowest BCUT2D eigenvalue weighted by atomic mass is 9.80. The fourth-order valence-corrected chi connectivity index (χ4v) is 6.28. The molecule has 0 bridgehead atoms. The summed E-state index contributed by atoms with van der Waals surface area (Å²) in [4.78, 5) is 19.8. The highest BCUT2D eigenvalue weighted by atomic mass is 16.5. The van der Waals surface area contributed by atoms with Gasteiger partial charge in [-0.1, -0.05) is 109 Å². The molecular weight excluding hydrogens is 705 g/mol. The van der Waals surface area contributed by atoms with Gasteiger partial charge in [0, 0.05) is 13.5 Å². The van der Waals surface area contributed by atoms with Gasteiger partial charge in [-0.15, -0.1) is 0 Å². The molecule has 0 atom stereocenters. The van der Waals surface area contributed by atoms with E-state index >= 15 is 0 Å². The van der Waals surface area contributed by atoms with Crippen LogP contribution in [0.5, 0.6) is 17.2 Å². The number of aldehydes is 1. The minimum absolute atomic E-state index is 0.194. The number of rotatable bonds is 17. The van der Waals surface area contributed by atoms with Crippen molar-refractivity contribution in [1.29, 1.82) is 0 Å². The molecule has 0 aliphatic rings. The molecule has 56 heavy (non-hydrogen) atoms. The van der Waals surface area contributed by atoms with Crippen LogP contribution in [0.2, 0.25) is 0 Å². The van der Waals surface area contributed by atoms with E-state index in [1.807, 2.05) is 66.7 Å². The highest BCUT2D eigenvalue weighted by Gasteiger charge is 2.38. The second-order valence-corrected chi connectivity index (χ2v) is 12.8. The van der Waals surface area contributed by atoms with Crippen molar-refractivity contribution in [2.45, 2.75) is 38.3 Å². The van der Waals surface area contributed by atoms with Crippen LogP contribution >= 0.6 is 0 Å². The van der Waals surface area contributed by atoms with Crippen molar-refractivity contribution < 1.29 is 38.0 Å². The number of ether oxygens (including phenoxy) is 6. The number of esters is 1. The Morgan fingerprint density at radius 3 is 1.66 bits per heavy atom. The first-order valence-electron chi connectivity index (χ1n) is 18.3. The highest BCUT2D eigenvalue weighted by molar-refractivity contribution is 5.72. The summed E-state index contributed by atoms with van der Waals surface area (Å²) >= 11 is 0. The summed E-state index contributed by atoms with van der Waals surface area (Å²) in [5.74, 6) is 2.06. The smallest absolute Gasteiger partial charge is 0.305 e. The molecule has 6 rings (SSSR count). The Kier molecular flexibility index (Phi) is 15.4. The van der Waals surface area contributed by atoms with Crippen LogP contribution in [0.25, 0.3) is 11.1 Å². The topological polar surface area (TPSA) is 89.5 Å². The van der Waals surface area contributed by atoms with Crippen molar-refractivity contribution in [3.63, 3.8) is 0 Å². The van der Waals surface area contributed by atoms with Crippen molar-refractivity contribution in [1.82, 2.24) is 0 Å². The molecule has 0 amide bonds. The fraction of sp³-hybridized carbons (Fsp3) is 0.208. The van der Waals surface area contributed by atoms with Crippen LogP contribution in [0.15, 0.2) is 152 Å². The zero-order chi connectivity index (χ0) is 39.6. The van der Waals surface area contributed by atoms with Gasteiger partial charge >= 0.3 is 5.97 Å². The number of hydrogen-bond donors (Lipinski definition) is 0. The molecule has 0 radical (unpaired) electrons. The van der Waals surface area contributed by atoms with Crippen LogP contribution in [0.3, 0.4) is 0 Å². The lowest BCUT2D eigenvalue weighted by Crippen LogP contribution is -2.32.